The average Bonchev–Trinajstić information content (AvgIpc) is 2.37. The molecule has 0 aliphatic carbocycles. The lowest BCUT2D eigenvalue weighted by molar-refractivity contribution is -0.275. The molecule has 1 aromatic carbocycles. The Kier molecular flexibility index (Phi) is 6.01. The number of hydrogen-bond acceptors (Lipinski definition) is 4. The van der Waals surface area contributed by atoms with Crippen LogP contribution in [0.3, 0.4) is 0 Å². The summed E-state index contributed by atoms with van der Waals surface area (Å²) in [7, 11) is 0. The van der Waals surface area contributed by atoms with E-state index in [1.807, 2.05) is 0 Å². The van der Waals surface area contributed by atoms with Crippen LogP contribution in [-0.4, -0.2) is 18.1 Å². The highest BCUT2D eigenvalue weighted by molar-refractivity contribution is 5.68. The van der Waals surface area contributed by atoms with Gasteiger partial charge in [-0.3, -0.25) is 0 Å². The smallest absolute Gasteiger partial charge is 0.444 e. The first-order valence-corrected chi connectivity index (χ1v) is 6.83. The Morgan fingerprint density at radius 3 is 2.42 bits per heavy atom. The predicted octanol–water partition coefficient (Wildman–Crippen LogP) is 4.20. The molecule has 1 aromatic rings. The summed E-state index contributed by atoms with van der Waals surface area (Å²) in [4.78, 5) is 11.7. The monoisotopic (exact) mass is 348 g/mol. The molecule has 1 atom stereocenters. The van der Waals surface area contributed by atoms with Crippen molar-refractivity contribution < 1.29 is 31.8 Å². The van der Waals surface area contributed by atoms with Crippen molar-refractivity contribution >= 4 is 6.09 Å². The molecule has 0 aliphatic heterocycles. The molecule has 0 radical (unpaired) electrons. The lowest BCUT2D eigenvalue weighted by atomic mass is 10.0. The van der Waals surface area contributed by atoms with E-state index < -0.39 is 35.7 Å². The average molecular weight is 348 g/mol. The number of amides is 1. The van der Waals surface area contributed by atoms with Crippen molar-refractivity contribution in [3.8, 4) is 11.8 Å². The number of alkyl carbamates (subject to hydrolysis) is 1. The topological polar surface area (TPSA) is 71.3 Å². The molecule has 1 N–H and O–H groups in total. The number of carbonyl (C=O) groups is 1. The molecule has 0 aliphatic rings. The molecule has 0 aromatic heterocycles. The third-order valence-corrected chi connectivity index (χ3v) is 2.57. The fraction of sp³-hybridized carbons (Fsp3) is 0.467. The number of nitriles is 1. The molecule has 0 bridgehead atoms. The highest BCUT2D eigenvalue weighted by atomic mass is 19.4. The highest BCUT2D eigenvalue weighted by Gasteiger charge is 2.32. The highest BCUT2D eigenvalue weighted by Crippen LogP contribution is 2.28. The lowest BCUT2D eigenvalue weighted by Crippen LogP contribution is -2.35. The maximum absolute atomic E-state index is 13.7. The minimum atomic E-state index is -5.02. The summed E-state index contributed by atoms with van der Waals surface area (Å²) in [5.41, 5.74) is -0.675. The van der Waals surface area contributed by atoms with E-state index in [0.717, 1.165) is 18.2 Å². The molecule has 0 saturated heterocycles. The molecule has 1 rings (SSSR count). The molecule has 0 heterocycles. The molecular formula is C15H16F4N2O3. The summed E-state index contributed by atoms with van der Waals surface area (Å²) in [6, 6.07) is 3.53. The summed E-state index contributed by atoms with van der Waals surface area (Å²) in [6.07, 6.45) is -6.08. The van der Waals surface area contributed by atoms with Crippen LogP contribution in [0, 0.1) is 17.1 Å². The Balaban J connectivity index is 2.95. The second-order valence-electron chi connectivity index (χ2n) is 5.80. The van der Waals surface area contributed by atoms with Crippen molar-refractivity contribution in [1.82, 2.24) is 5.32 Å². The second kappa shape index (κ2) is 7.38. The predicted molar refractivity (Wildman–Crippen MR) is 75.4 cm³/mol. The van der Waals surface area contributed by atoms with Crippen molar-refractivity contribution in [2.24, 2.45) is 0 Å². The summed E-state index contributed by atoms with van der Waals surface area (Å²) < 4.78 is 58.7. The van der Waals surface area contributed by atoms with Crippen molar-refractivity contribution in [2.45, 2.75) is 45.2 Å². The Bertz CT molecular complexity index is 633. The fourth-order valence-corrected chi connectivity index (χ4v) is 1.73. The van der Waals surface area contributed by atoms with E-state index in [4.69, 9.17) is 10.00 Å². The zero-order chi connectivity index (χ0) is 18.5. The Morgan fingerprint density at radius 2 is 1.96 bits per heavy atom. The zero-order valence-electron chi connectivity index (χ0n) is 13.2. The summed E-state index contributed by atoms with van der Waals surface area (Å²) in [6.45, 7) is 4.90. The van der Waals surface area contributed by atoms with Gasteiger partial charge in [-0.2, -0.15) is 5.26 Å². The summed E-state index contributed by atoms with van der Waals surface area (Å²) in [5.74, 6) is -2.27. The minimum Gasteiger partial charge on any atom is -0.444 e. The lowest BCUT2D eigenvalue weighted by Gasteiger charge is -2.23. The van der Waals surface area contributed by atoms with Gasteiger partial charge < -0.3 is 14.8 Å². The first-order chi connectivity index (χ1) is 10.9. The Morgan fingerprint density at radius 1 is 1.33 bits per heavy atom. The van der Waals surface area contributed by atoms with Gasteiger partial charge in [0.25, 0.3) is 0 Å². The van der Waals surface area contributed by atoms with E-state index >= 15 is 0 Å². The number of rotatable bonds is 4. The van der Waals surface area contributed by atoms with E-state index in [9.17, 15) is 22.4 Å². The van der Waals surface area contributed by atoms with Crippen LogP contribution in [0.4, 0.5) is 22.4 Å². The van der Waals surface area contributed by atoms with Crippen LogP contribution < -0.4 is 10.1 Å². The quantitative estimate of drug-likeness (QED) is 0.828. The van der Waals surface area contributed by atoms with Gasteiger partial charge in [-0.1, -0.05) is 6.07 Å². The van der Waals surface area contributed by atoms with Crippen molar-refractivity contribution in [2.75, 3.05) is 0 Å². The molecule has 0 fully saturated rings. The van der Waals surface area contributed by atoms with Gasteiger partial charge in [0.05, 0.1) is 18.5 Å². The summed E-state index contributed by atoms with van der Waals surface area (Å²) in [5, 5.41) is 11.2. The van der Waals surface area contributed by atoms with Gasteiger partial charge in [-0.05, 0) is 38.5 Å². The standard InChI is InChI=1S/C15H16F4N2O3/c1-14(2,3)24-13(22)21-11(6-7-20)9-4-5-12(10(16)8-9)23-15(17,18)19/h4-5,8,11H,6H2,1-3H3,(H,21,22). The number of ether oxygens (including phenoxy) is 2. The SMILES string of the molecule is CC(C)(C)OC(=O)NC(CC#N)c1ccc(OC(F)(F)F)c(F)c1. The number of hydrogen-bond donors (Lipinski definition) is 1. The molecule has 5 nitrogen and oxygen atoms in total. The second-order valence-corrected chi connectivity index (χ2v) is 5.80. The van der Waals surface area contributed by atoms with E-state index in [-0.39, 0.29) is 12.0 Å². The van der Waals surface area contributed by atoms with E-state index in [1.54, 1.807) is 26.8 Å². The number of benzene rings is 1. The van der Waals surface area contributed by atoms with Crippen LogP contribution in [0.5, 0.6) is 5.75 Å². The van der Waals surface area contributed by atoms with Crippen LogP contribution in [0.1, 0.15) is 38.8 Å². The number of nitrogens with one attached hydrogen (secondary N) is 1. The van der Waals surface area contributed by atoms with Gasteiger partial charge in [0.1, 0.15) is 5.60 Å². The molecule has 9 heteroatoms. The van der Waals surface area contributed by atoms with Crippen molar-refractivity contribution in [1.29, 1.82) is 5.26 Å². The minimum absolute atomic E-state index is 0.106. The fourth-order valence-electron chi connectivity index (χ4n) is 1.73. The maximum atomic E-state index is 13.7. The van der Waals surface area contributed by atoms with Crippen molar-refractivity contribution in [3.63, 3.8) is 0 Å². The van der Waals surface area contributed by atoms with Crippen LogP contribution in [-0.2, 0) is 4.74 Å². The van der Waals surface area contributed by atoms with Crippen LogP contribution in [0.15, 0.2) is 18.2 Å². The third kappa shape index (κ3) is 6.73. The molecular weight excluding hydrogens is 332 g/mol. The van der Waals surface area contributed by atoms with Gasteiger partial charge in [0.2, 0.25) is 0 Å². The first kappa shape index (κ1) is 19.5. The Hall–Kier alpha value is -2.50. The van der Waals surface area contributed by atoms with E-state index in [1.165, 1.54) is 0 Å². The van der Waals surface area contributed by atoms with E-state index in [0.29, 0.717) is 0 Å². The largest absolute Gasteiger partial charge is 0.573 e. The molecule has 0 spiro atoms. The van der Waals surface area contributed by atoms with Gasteiger partial charge in [0, 0.05) is 0 Å². The van der Waals surface area contributed by atoms with Gasteiger partial charge in [-0.15, -0.1) is 13.2 Å². The number of alkyl halides is 3. The Labute approximate surface area is 136 Å². The first-order valence-electron chi connectivity index (χ1n) is 6.83. The summed E-state index contributed by atoms with van der Waals surface area (Å²) >= 11 is 0. The number of halogens is 4. The third-order valence-electron chi connectivity index (χ3n) is 2.57. The van der Waals surface area contributed by atoms with Gasteiger partial charge >= 0.3 is 12.5 Å². The van der Waals surface area contributed by atoms with Gasteiger partial charge in [0.15, 0.2) is 11.6 Å². The molecule has 132 valence electrons. The molecule has 1 amide bonds. The molecule has 24 heavy (non-hydrogen) atoms. The molecule has 0 saturated carbocycles. The zero-order valence-corrected chi connectivity index (χ0v) is 13.2. The van der Waals surface area contributed by atoms with E-state index in [2.05, 4.69) is 10.1 Å². The normalized spacial score (nSPS) is 12.9. The molecule has 1 unspecified atom stereocenters. The maximum Gasteiger partial charge on any atom is 0.573 e. The number of nitrogens with zero attached hydrogens (tertiary/aromatic N) is 1. The van der Waals surface area contributed by atoms with Crippen LogP contribution >= 0.6 is 0 Å². The van der Waals surface area contributed by atoms with Crippen LogP contribution in [0.25, 0.3) is 0 Å². The number of carbonyl (C=O) groups excluding carboxylic acids is 1. The van der Waals surface area contributed by atoms with Crippen LogP contribution in [0.2, 0.25) is 0 Å². The van der Waals surface area contributed by atoms with Gasteiger partial charge in [-0.25, -0.2) is 9.18 Å². The van der Waals surface area contributed by atoms with Crippen molar-refractivity contribution in [3.05, 3.63) is 29.6 Å².